The minimum absolute atomic E-state index is 0.138. The van der Waals surface area contributed by atoms with Crippen molar-refractivity contribution < 1.29 is 24.4 Å². The van der Waals surface area contributed by atoms with E-state index < -0.39 is 17.4 Å². The van der Waals surface area contributed by atoms with Crippen LogP contribution in [0.15, 0.2) is 12.2 Å². The van der Waals surface area contributed by atoms with E-state index in [2.05, 4.69) is 17.6 Å². The van der Waals surface area contributed by atoms with E-state index in [9.17, 15) is 19.2 Å². The van der Waals surface area contributed by atoms with Crippen molar-refractivity contribution >= 4 is 23.6 Å². The zero-order valence-corrected chi connectivity index (χ0v) is 8.99. The SMILES string of the molecule is C=C(C(N)=O)C(=O)NO.O=C1CCCC(=O)N1. The smallest absolute Gasteiger partial charge is 0.279 e. The Morgan fingerprint density at radius 2 is 1.76 bits per heavy atom. The van der Waals surface area contributed by atoms with Gasteiger partial charge in [-0.25, -0.2) is 5.48 Å². The van der Waals surface area contributed by atoms with Crippen LogP contribution < -0.4 is 16.5 Å². The molecule has 1 aliphatic rings. The molecule has 0 aromatic rings. The maximum Gasteiger partial charge on any atom is 0.279 e. The predicted octanol–water partition coefficient (Wildman–Crippen LogP) is -1.65. The molecule has 17 heavy (non-hydrogen) atoms. The lowest BCUT2D eigenvalue weighted by Gasteiger charge is -2.07. The number of amides is 4. The molecule has 1 fully saturated rings. The number of nitrogens with one attached hydrogen (secondary N) is 2. The number of carbonyl (C=O) groups excluding carboxylic acids is 4. The summed E-state index contributed by atoms with van der Waals surface area (Å²) < 4.78 is 0. The Morgan fingerprint density at radius 1 is 1.29 bits per heavy atom. The first kappa shape index (κ1) is 14.8. The summed E-state index contributed by atoms with van der Waals surface area (Å²) in [5.41, 5.74) is 5.33. The van der Waals surface area contributed by atoms with Crippen LogP contribution in [0.25, 0.3) is 0 Å². The van der Waals surface area contributed by atoms with Crippen LogP contribution in [-0.4, -0.2) is 28.8 Å². The first-order chi connectivity index (χ1) is 7.88. The fourth-order valence-electron chi connectivity index (χ4n) is 0.869. The molecule has 1 aliphatic heterocycles. The molecule has 0 aromatic heterocycles. The van der Waals surface area contributed by atoms with Gasteiger partial charge in [-0.05, 0) is 6.42 Å². The van der Waals surface area contributed by atoms with E-state index >= 15 is 0 Å². The number of hydrogen-bond acceptors (Lipinski definition) is 5. The number of primary amides is 1. The van der Waals surface area contributed by atoms with Crippen LogP contribution in [0.5, 0.6) is 0 Å². The molecule has 1 rings (SSSR count). The van der Waals surface area contributed by atoms with Crippen molar-refractivity contribution in [2.24, 2.45) is 5.73 Å². The number of nitrogens with two attached hydrogens (primary N) is 1. The topological polar surface area (TPSA) is 139 Å². The molecular formula is C9H13N3O5. The van der Waals surface area contributed by atoms with Crippen LogP contribution in [0.4, 0.5) is 0 Å². The normalized spacial score (nSPS) is 13.9. The molecule has 0 saturated carbocycles. The van der Waals surface area contributed by atoms with E-state index in [4.69, 9.17) is 5.21 Å². The van der Waals surface area contributed by atoms with Gasteiger partial charge in [0, 0.05) is 12.8 Å². The molecule has 0 bridgehead atoms. The van der Waals surface area contributed by atoms with Crippen LogP contribution in [0.3, 0.4) is 0 Å². The quantitative estimate of drug-likeness (QED) is 0.115. The molecule has 5 N–H and O–H groups in total. The number of rotatable bonds is 2. The largest absolute Gasteiger partial charge is 0.365 e. The molecule has 4 amide bonds. The lowest BCUT2D eigenvalue weighted by molar-refractivity contribution is -0.133. The van der Waals surface area contributed by atoms with E-state index in [1.54, 1.807) is 0 Å². The Kier molecular flexibility index (Phi) is 6.19. The van der Waals surface area contributed by atoms with E-state index in [0.717, 1.165) is 0 Å². The zero-order chi connectivity index (χ0) is 13.4. The molecule has 8 heteroatoms. The van der Waals surface area contributed by atoms with E-state index in [-0.39, 0.29) is 11.8 Å². The van der Waals surface area contributed by atoms with Gasteiger partial charge in [-0.2, -0.15) is 0 Å². The Balaban J connectivity index is 0.000000302. The van der Waals surface area contributed by atoms with Crippen molar-refractivity contribution in [1.29, 1.82) is 0 Å². The summed E-state index contributed by atoms with van der Waals surface area (Å²) >= 11 is 0. The third-order valence-electron chi connectivity index (χ3n) is 1.76. The van der Waals surface area contributed by atoms with Crippen LogP contribution in [-0.2, 0) is 19.2 Å². The standard InChI is InChI=1S/C5H7NO2.C4H6N2O3/c7-4-2-1-3-5(8)6-4;1-2(3(5)7)4(8)6-9/h1-3H2,(H,6,7,8);9H,1H2,(H2,5,7)(H,6,8). The minimum Gasteiger partial charge on any atom is -0.365 e. The van der Waals surface area contributed by atoms with Crippen molar-refractivity contribution in [3.05, 3.63) is 12.2 Å². The van der Waals surface area contributed by atoms with Crippen molar-refractivity contribution in [3.8, 4) is 0 Å². The molecule has 8 nitrogen and oxygen atoms in total. The van der Waals surface area contributed by atoms with Gasteiger partial charge >= 0.3 is 0 Å². The molecule has 0 aliphatic carbocycles. The van der Waals surface area contributed by atoms with Gasteiger partial charge in [0.25, 0.3) is 11.8 Å². The number of imide groups is 1. The van der Waals surface area contributed by atoms with Gasteiger partial charge in [-0.3, -0.25) is 29.7 Å². The van der Waals surface area contributed by atoms with Crippen LogP contribution in [0.1, 0.15) is 19.3 Å². The first-order valence-corrected chi connectivity index (χ1v) is 4.64. The third-order valence-corrected chi connectivity index (χ3v) is 1.76. The molecular weight excluding hydrogens is 230 g/mol. The van der Waals surface area contributed by atoms with Crippen molar-refractivity contribution in [2.45, 2.75) is 19.3 Å². The van der Waals surface area contributed by atoms with E-state index in [0.29, 0.717) is 19.3 Å². The number of piperidine rings is 1. The van der Waals surface area contributed by atoms with Gasteiger partial charge in [0.05, 0.1) is 5.57 Å². The summed E-state index contributed by atoms with van der Waals surface area (Å²) in [6, 6.07) is 0. The summed E-state index contributed by atoms with van der Waals surface area (Å²) in [6.45, 7) is 2.98. The van der Waals surface area contributed by atoms with Gasteiger partial charge < -0.3 is 5.73 Å². The Labute approximate surface area is 96.8 Å². The van der Waals surface area contributed by atoms with Crippen molar-refractivity contribution in [3.63, 3.8) is 0 Å². The third kappa shape index (κ3) is 6.05. The zero-order valence-electron chi connectivity index (χ0n) is 8.99. The first-order valence-electron chi connectivity index (χ1n) is 4.64. The second-order valence-corrected chi connectivity index (χ2v) is 3.11. The highest BCUT2D eigenvalue weighted by Gasteiger charge is 2.13. The number of hydrogen-bond donors (Lipinski definition) is 4. The van der Waals surface area contributed by atoms with Crippen molar-refractivity contribution in [2.75, 3.05) is 0 Å². The Morgan fingerprint density at radius 3 is 1.94 bits per heavy atom. The predicted molar refractivity (Wildman–Crippen MR) is 55.3 cm³/mol. The molecule has 0 radical (unpaired) electrons. The van der Waals surface area contributed by atoms with Gasteiger partial charge in [-0.1, -0.05) is 6.58 Å². The van der Waals surface area contributed by atoms with E-state index in [1.165, 1.54) is 5.48 Å². The lowest BCUT2D eigenvalue weighted by Crippen LogP contribution is -2.33. The molecule has 1 heterocycles. The lowest BCUT2D eigenvalue weighted by atomic mass is 10.1. The van der Waals surface area contributed by atoms with Crippen molar-refractivity contribution in [1.82, 2.24) is 10.8 Å². The molecule has 94 valence electrons. The maximum absolute atomic E-state index is 10.3. The fourth-order valence-corrected chi connectivity index (χ4v) is 0.869. The number of carbonyl (C=O) groups is 4. The summed E-state index contributed by atoms with van der Waals surface area (Å²) in [7, 11) is 0. The molecule has 1 saturated heterocycles. The fraction of sp³-hybridized carbons (Fsp3) is 0.333. The second kappa shape index (κ2) is 7.12. The average molecular weight is 243 g/mol. The van der Waals surface area contributed by atoms with Crippen LogP contribution in [0, 0.1) is 0 Å². The molecule has 0 atom stereocenters. The monoisotopic (exact) mass is 243 g/mol. The Hall–Kier alpha value is -2.22. The van der Waals surface area contributed by atoms with Crippen LogP contribution in [0.2, 0.25) is 0 Å². The Bertz CT molecular complexity index is 350. The van der Waals surface area contributed by atoms with Gasteiger partial charge in [0.2, 0.25) is 11.8 Å². The molecule has 0 spiro atoms. The average Bonchev–Trinajstić information content (AvgIpc) is 2.27. The van der Waals surface area contributed by atoms with Crippen LogP contribution >= 0.6 is 0 Å². The van der Waals surface area contributed by atoms with Gasteiger partial charge in [0.15, 0.2) is 0 Å². The van der Waals surface area contributed by atoms with Gasteiger partial charge in [0.1, 0.15) is 0 Å². The second-order valence-electron chi connectivity index (χ2n) is 3.11. The highest BCUT2D eigenvalue weighted by molar-refractivity contribution is 6.16. The molecule has 0 aromatic carbocycles. The highest BCUT2D eigenvalue weighted by atomic mass is 16.5. The summed E-state index contributed by atoms with van der Waals surface area (Å²) in [5, 5.41) is 10.1. The number of hydroxylamine groups is 1. The summed E-state index contributed by atoms with van der Waals surface area (Å²) in [6.07, 6.45) is 1.72. The highest BCUT2D eigenvalue weighted by Crippen LogP contribution is 2.00. The summed E-state index contributed by atoms with van der Waals surface area (Å²) in [4.78, 5) is 40.9. The summed E-state index contributed by atoms with van der Waals surface area (Å²) in [5.74, 6) is -2.22. The maximum atomic E-state index is 10.3. The minimum atomic E-state index is -0.984. The van der Waals surface area contributed by atoms with E-state index in [1.807, 2.05) is 0 Å². The molecule has 0 unspecified atom stereocenters. The van der Waals surface area contributed by atoms with Gasteiger partial charge in [-0.15, -0.1) is 0 Å².